The van der Waals surface area contributed by atoms with E-state index in [0.717, 1.165) is 11.3 Å². The van der Waals surface area contributed by atoms with Gasteiger partial charge in [-0.25, -0.2) is 4.79 Å². The third-order valence-corrected chi connectivity index (χ3v) is 4.97. The number of benzene rings is 1. The highest BCUT2D eigenvalue weighted by molar-refractivity contribution is 6.20. The molecular formula is C18H23N3O4. The zero-order valence-corrected chi connectivity index (χ0v) is 14.7. The summed E-state index contributed by atoms with van der Waals surface area (Å²) >= 11 is 0. The normalized spacial score (nSPS) is 26.7. The van der Waals surface area contributed by atoms with E-state index >= 15 is 0 Å². The van der Waals surface area contributed by atoms with Gasteiger partial charge in [0.15, 0.2) is 5.41 Å². The first-order chi connectivity index (χ1) is 12.0. The van der Waals surface area contributed by atoms with Gasteiger partial charge < -0.3 is 9.64 Å². The van der Waals surface area contributed by atoms with Crippen LogP contribution in [0, 0.1) is 5.41 Å². The van der Waals surface area contributed by atoms with Gasteiger partial charge in [-0.05, 0) is 25.0 Å². The molecule has 0 aromatic heterocycles. The Hall–Kier alpha value is -2.41. The average Bonchev–Trinajstić information content (AvgIpc) is 2.61. The molecule has 1 spiro atoms. The van der Waals surface area contributed by atoms with Crippen molar-refractivity contribution >= 4 is 23.5 Å². The molecule has 1 aromatic rings. The topological polar surface area (TPSA) is 87.7 Å². The lowest BCUT2D eigenvalue weighted by molar-refractivity contribution is -0.149. The second-order valence-corrected chi connectivity index (χ2v) is 6.33. The summed E-state index contributed by atoms with van der Waals surface area (Å²) in [5, 5.41) is 4.51. The number of nitrogens with zero attached hydrogens (tertiary/aromatic N) is 1. The predicted molar refractivity (Wildman–Crippen MR) is 92.2 cm³/mol. The maximum absolute atomic E-state index is 12.7. The van der Waals surface area contributed by atoms with Gasteiger partial charge in [0.25, 0.3) is 0 Å². The lowest BCUT2D eigenvalue weighted by atomic mass is 9.68. The van der Waals surface area contributed by atoms with Gasteiger partial charge in [-0.1, -0.05) is 32.0 Å². The van der Waals surface area contributed by atoms with E-state index in [9.17, 15) is 14.4 Å². The lowest BCUT2D eigenvalue weighted by Crippen LogP contribution is -2.73. The summed E-state index contributed by atoms with van der Waals surface area (Å²) in [5.74, 6) is -1.09. The van der Waals surface area contributed by atoms with Crippen molar-refractivity contribution in [2.75, 3.05) is 18.1 Å². The van der Waals surface area contributed by atoms with E-state index in [-0.39, 0.29) is 19.1 Å². The fourth-order valence-electron chi connectivity index (χ4n) is 3.86. The zero-order chi connectivity index (χ0) is 18.2. The highest BCUT2D eigenvalue weighted by Crippen LogP contribution is 2.44. The molecule has 2 saturated heterocycles. The Balaban J connectivity index is 0.000000880. The largest absolute Gasteiger partial charge is 0.374 e. The van der Waals surface area contributed by atoms with Gasteiger partial charge in [0, 0.05) is 12.2 Å². The fourth-order valence-corrected chi connectivity index (χ4v) is 3.86. The van der Waals surface area contributed by atoms with Crippen LogP contribution in [0.1, 0.15) is 26.3 Å². The summed E-state index contributed by atoms with van der Waals surface area (Å²) in [4.78, 5) is 38.9. The maximum Gasteiger partial charge on any atom is 0.328 e. The number of barbiturate groups is 1. The number of imide groups is 2. The van der Waals surface area contributed by atoms with Crippen LogP contribution >= 0.6 is 0 Å². The Kier molecular flexibility index (Phi) is 4.51. The van der Waals surface area contributed by atoms with Crippen molar-refractivity contribution in [2.24, 2.45) is 5.41 Å². The molecule has 4 rings (SSSR count). The molecule has 7 nitrogen and oxygen atoms in total. The van der Waals surface area contributed by atoms with Crippen LogP contribution in [0.2, 0.25) is 0 Å². The van der Waals surface area contributed by atoms with Gasteiger partial charge >= 0.3 is 6.03 Å². The third kappa shape index (κ3) is 2.59. The Bertz CT molecular complexity index is 698. The molecule has 134 valence electrons. The summed E-state index contributed by atoms with van der Waals surface area (Å²) in [6.45, 7) is 6.83. The minimum absolute atomic E-state index is 0.00537. The van der Waals surface area contributed by atoms with E-state index in [1.165, 1.54) is 0 Å². The molecule has 0 saturated carbocycles. The molecule has 3 aliphatic heterocycles. The highest BCUT2D eigenvalue weighted by atomic mass is 16.5. The minimum Gasteiger partial charge on any atom is -0.374 e. The number of carbonyl (C=O) groups is 3. The van der Waals surface area contributed by atoms with Crippen molar-refractivity contribution in [2.45, 2.75) is 39.3 Å². The van der Waals surface area contributed by atoms with E-state index in [1.54, 1.807) is 0 Å². The van der Waals surface area contributed by atoms with Crippen LogP contribution in [-0.4, -0.2) is 43.1 Å². The number of nitrogens with one attached hydrogen (secondary N) is 2. The summed E-state index contributed by atoms with van der Waals surface area (Å²) in [5.41, 5.74) is 0.607. The number of fused-ring (bicyclic) bond motifs is 4. The minimum atomic E-state index is -1.34. The van der Waals surface area contributed by atoms with Crippen molar-refractivity contribution in [3.8, 4) is 0 Å². The maximum atomic E-state index is 12.7. The van der Waals surface area contributed by atoms with Gasteiger partial charge in [-0.2, -0.15) is 0 Å². The van der Waals surface area contributed by atoms with Crippen LogP contribution in [0.15, 0.2) is 24.3 Å². The molecule has 2 fully saturated rings. The monoisotopic (exact) mass is 345 g/mol. The Morgan fingerprint density at radius 3 is 2.44 bits per heavy atom. The molecule has 0 unspecified atom stereocenters. The first-order valence-corrected chi connectivity index (χ1v) is 8.65. The molecule has 3 aliphatic rings. The molecule has 1 aromatic carbocycles. The van der Waals surface area contributed by atoms with Gasteiger partial charge in [0.1, 0.15) is 0 Å². The standard InChI is InChI=1S/C16H17N3O4.C2H6/c1-9-7-19-11-5-3-2-4-10(11)6-16(12(19)8-23-9)13(20)17-15(22)18-14(16)21;1-2/h2-5,9,12H,6-8H2,1H3,(H2,17,18,20,21,22);1-2H3/t9-,12-;/m1./s1. The highest BCUT2D eigenvalue weighted by Gasteiger charge is 2.60. The van der Waals surface area contributed by atoms with Gasteiger partial charge in [0.2, 0.25) is 11.8 Å². The molecule has 7 heteroatoms. The number of hydrogen-bond donors (Lipinski definition) is 2. The van der Waals surface area contributed by atoms with Crippen molar-refractivity contribution < 1.29 is 19.1 Å². The molecule has 0 radical (unpaired) electrons. The molecule has 0 bridgehead atoms. The first kappa shape index (κ1) is 17.4. The van der Waals surface area contributed by atoms with Crippen LogP contribution in [0.25, 0.3) is 0 Å². The Morgan fingerprint density at radius 1 is 1.12 bits per heavy atom. The van der Waals surface area contributed by atoms with Crippen molar-refractivity contribution in [1.82, 2.24) is 10.6 Å². The number of amides is 4. The zero-order valence-electron chi connectivity index (χ0n) is 14.7. The quantitative estimate of drug-likeness (QED) is 0.690. The summed E-state index contributed by atoms with van der Waals surface area (Å²) in [6, 6.07) is 6.56. The number of urea groups is 1. The number of para-hydroxylation sites is 1. The van der Waals surface area contributed by atoms with E-state index < -0.39 is 29.3 Å². The SMILES string of the molecule is CC.C[C@@H]1CN2c3ccccc3CC3(C(=O)NC(=O)NC3=O)[C@H]2CO1. The third-order valence-electron chi connectivity index (χ3n) is 4.97. The molecule has 25 heavy (non-hydrogen) atoms. The van der Waals surface area contributed by atoms with Crippen LogP contribution in [0.4, 0.5) is 10.5 Å². The smallest absolute Gasteiger partial charge is 0.328 e. The summed E-state index contributed by atoms with van der Waals surface area (Å²) in [7, 11) is 0. The lowest BCUT2D eigenvalue weighted by Gasteiger charge is -2.52. The van der Waals surface area contributed by atoms with Crippen LogP contribution in [-0.2, 0) is 20.7 Å². The van der Waals surface area contributed by atoms with Gasteiger partial charge in [-0.15, -0.1) is 0 Å². The second kappa shape index (κ2) is 6.48. The summed E-state index contributed by atoms with van der Waals surface area (Å²) in [6.07, 6.45) is 0.262. The number of rotatable bonds is 0. The van der Waals surface area contributed by atoms with E-state index in [1.807, 2.05) is 45.0 Å². The van der Waals surface area contributed by atoms with Crippen molar-refractivity contribution in [1.29, 1.82) is 0 Å². The van der Waals surface area contributed by atoms with Crippen LogP contribution < -0.4 is 15.5 Å². The Morgan fingerprint density at radius 2 is 1.76 bits per heavy atom. The van der Waals surface area contributed by atoms with Gasteiger partial charge in [-0.3, -0.25) is 20.2 Å². The molecule has 3 heterocycles. The average molecular weight is 345 g/mol. The molecule has 2 N–H and O–H groups in total. The van der Waals surface area contributed by atoms with Gasteiger partial charge in [0.05, 0.1) is 18.8 Å². The van der Waals surface area contributed by atoms with Crippen LogP contribution in [0.3, 0.4) is 0 Å². The number of hydrogen-bond acceptors (Lipinski definition) is 5. The second-order valence-electron chi connectivity index (χ2n) is 6.33. The first-order valence-electron chi connectivity index (χ1n) is 8.65. The van der Waals surface area contributed by atoms with E-state index in [2.05, 4.69) is 15.5 Å². The van der Waals surface area contributed by atoms with Crippen molar-refractivity contribution in [3.63, 3.8) is 0 Å². The summed E-state index contributed by atoms with van der Waals surface area (Å²) < 4.78 is 5.73. The molecule has 0 aliphatic carbocycles. The molecule has 4 amide bonds. The van der Waals surface area contributed by atoms with E-state index in [4.69, 9.17) is 4.74 Å². The molecule has 2 atom stereocenters. The number of morpholine rings is 1. The van der Waals surface area contributed by atoms with Crippen molar-refractivity contribution in [3.05, 3.63) is 29.8 Å². The van der Waals surface area contributed by atoms with Crippen LogP contribution in [0.5, 0.6) is 0 Å². The fraction of sp³-hybridized carbons (Fsp3) is 0.500. The number of ether oxygens (including phenoxy) is 1. The molecular weight excluding hydrogens is 322 g/mol. The van der Waals surface area contributed by atoms with E-state index in [0.29, 0.717) is 6.54 Å². The number of anilines is 1. The Labute approximate surface area is 146 Å². The number of carbonyl (C=O) groups excluding carboxylic acids is 3. The predicted octanol–water partition coefficient (Wildman–Crippen LogP) is 1.21.